The standard InChI is InChI=1S/C25H19FN4O.C18H15ClN2O.H43P41.H42P40/c1-17-8-10-19(11-9-17)23-24(31-15-18-6-4-3-5-7-18)25(29-16-28-23)30-20-12-13-22(27-2)21(26)14-20;1-13-7-9-15(10-8-13)16-17(18(19)21-12-20-16)22-11-14-5-3-2-4-6-14;1-22-33(23(2)3)38(32(20)21)41(39(34(24(4)5)25(6)7)35(26(8)9)27(10)11)40(36(28(12)13)29(14)15)37(30(16)17)31(18)19;1-22(2)32(21)37(31(19)20)40(38(33(23(3)4)24(5)6)34(25(7)8)26(9)10)39(35(27(11)12)28(13)14)36(29(15)16)30(17)18/h3-14,16H,15H2,1H3,(H,28,29,30);2-10,12H,11H2,1H3;22H,1-21H2;1-21H2. The van der Waals surface area contributed by atoms with Crippen molar-refractivity contribution in [1.82, 2.24) is 19.9 Å². The number of rotatable bonds is 47. The van der Waals surface area contributed by atoms with Gasteiger partial charge in [0, 0.05) is 16.8 Å². The quantitative estimate of drug-likeness (QED) is 0.0231. The number of hydrogen-bond acceptors (Lipinski definition) is 7. The van der Waals surface area contributed by atoms with Gasteiger partial charge in [-0.15, -0.1) is 375 Å². The van der Waals surface area contributed by atoms with Crippen LogP contribution in [-0.4, -0.2) is 19.9 Å². The fourth-order valence-corrected chi connectivity index (χ4v) is 1120. The molecular weight excluding hydrogens is 3200 g/mol. The fourth-order valence-electron chi connectivity index (χ4n) is 9.75. The van der Waals surface area contributed by atoms with Crippen molar-refractivity contribution in [2.75, 3.05) is 5.32 Å². The molecule has 8 nitrogen and oxygen atoms in total. The summed E-state index contributed by atoms with van der Waals surface area (Å²) >= 11 is 6.20. The number of nitrogens with zero attached hydrogens (tertiary/aromatic N) is 5. The Morgan fingerprint density at radius 3 is 0.873 bits per heavy atom. The first-order chi connectivity index (χ1) is 62.7. The molecule has 1 N–H and O–H groups in total. The van der Waals surface area contributed by atoms with Gasteiger partial charge in [-0.3, -0.25) is 0 Å². The van der Waals surface area contributed by atoms with Crippen LogP contribution in [-0.2, 0) is 13.2 Å². The molecule has 2 heterocycles. The van der Waals surface area contributed by atoms with Crippen molar-refractivity contribution in [1.29, 1.82) is 0 Å². The van der Waals surface area contributed by atoms with Gasteiger partial charge in [0.05, 0.1) is 6.57 Å². The lowest BCUT2D eigenvalue weighted by Crippen LogP contribution is -2.04. The fraction of sp³-hybridized carbons (Fsp3) is 0.0930. The van der Waals surface area contributed by atoms with Gasteiger partial charge in [-0.05, 0) is 303 Å². The van der Waals surface area contributed by atoms with E-state index in [0.29, 0.717) is 52.8 Å². The molecule has 47 unspecified atom stereocenters. The number of nitrogens with one attached hydrogen (secondary N) is 1. The Bertz CT molecular complexity index is 4300. The largest absolute Gasteiger partial charge is 0.483 e. The van der Waals surface area contributed by atoms with E-state index >= 15 is 0 Å². The molecule has 2 aromatic heterocycles. The summed E-state index contributed by atoms with van der Waals surface area (Å²) in [5.41, 5.74) is 8.00. The zero-order valence-corrected chi connectivity index (χ0v) is 155. The van der Waals surface area contributed by atoms with Crippen LogP contribution >= 0.6 is 660 Å². The van der Waals surface area contributed by atoms with E-state index in [2.05, 4.69) is 405 Å². The molecule has 47 atom stereocenters. The van der Waals surface area contributed by atoms with E-state index in [1.165, 1.54) is 30.4 Å². The molecular formula is C43H119ClFN6O2P81. The lowest BCUT2D eigenvalue weighted by atomic mass is 10.1. The van der Waals surface area contributed by atoms with Crippen molar-refractivity contribution in [2.45, 2.75) is 27.1 Å². The number of hydrogen-bond donors (Lipinski definition) is 1. The van der Waals surface area contributed by atoms with Crippen LogP contribution < -0.4 is 14.8 Å². The summed E-state index contributed by atoms with van der Waals surface area (Å²) in [6.07, 6.45) is 2.89. The van der Waals surface area contributed by atoms with Gasteiger partial charge in [0.2, 0.25) is 5.69 Å². The van der Waals surface area contributed by atoms with Gasteiger partial charge in [0.15, 0.2) is 22.5 Å². The minimum absolute atomic E-state index is 0.00702. The molecule has 134 heavy (non-hydrogen) atoms. The SMILES string of the molecule is Cc1ccc(-c2ncnc(Cl)c2OCc2ccccc2)cc1.PP(P)P(P)P(P(P)P)P(P(P(P(P)P)P(P)P)P(P(P)P)P(P)P)P(P(P(P)P)P(P)P)P(P(P)P)P(P)P.PPP(P(P)P)P(P(P)P)P(P(P(P(P)P)P(P)P)P(P(P)P)P(P)P)P(P(P(P)P)P(P)P)P(P(P)P)P(P)P.[C-]#[N+]c1ccc(Nc2ncnc(-c3ccc(C)cc3)c2OCc2ccccc2)cc1F. The first-order valence-corrected chi connectivity index (χ1v) is 182. The average Bonchev–Trinajstić information content (AvgIpc) is 0.747. The summed E-state index contributed by atoms with van der Waals surface area (Å²) in [5, 5.41) is 3.42. The molecule has 0 saturated carbocycles. The second-order valence-corrected chi connectivity index (χ2v) is 353. The first-order valence-electron chi connectivity index (χ1n) is 34.9. The van der Waals surface area contributed by atoms with E-state index in [4.69, 9.17) is 27.6 Å². The zero-order chi connectivity index (χ0) is 102. The predicted octanol–water partition coefficient (Wildman–Crippen LogP) is 58.2. The van der Waals surface area contributed by atoms with Crippen LogP contribution in [0, 0.1) is 26.2 Å². The van der Waals surface area contributed by atoms with Crippen molar-refractivity contribution in [2.24, 2.45) is 0 Å². The maximum atomic E-state index is 14.1. The summed E-state index contributed by atoms with van der Waals surface area (Å²) in [7, 11) is 144. The Morgan fingerprint density at radius 2 is 0.604 bits per heavy atom. The molecule has 0 aliphatic carbocycles. The molecule has 0 radical (unpaired) electrons. The first kappa shape index (κ1) is 154. The highest BCUT2D eigenvalue weighted by Gasteiger charge is 2.58. The molecule has 5 aromatic carbocycles. The van der Waals surface area contributed by atoms with Crippen molar-refractivity contribution >= 4 is 677 Å². The van der Waals surface area contributed by atoms with Crippen LogP contribution in [0.5, 0.6) is 11.5 Å². The normalized spacial score (nSPS) is 13.7. The number of halogens is 2. The minimum Gasteiger partial charge on any atom is -0.483 e. The third kappa shape index (κ3) is 53.6. The van der Waals surface area contributed by atoms with Gasteiger partial charge in [-0.1, -0.05) is 146 Å². The third-order valence-electron chi connectivity index (χ3n) is 14.9. The van der Waals surface area contributed by atoms with Gasteiger partial charge < -0.3 is 14.8 Å². The van der Waals surface area contributed by atoms with Gasteiger partial charge in [0.25, 0.3) is 0 Å². The van der Waals surface area contributed by atoms with Crippen LogP contribution in [0.3, 0.4) is 0 Å². The summed E-state index contributed by atoms with van der Waals surface area (Å²) in [6, 6.07) is 40.1. The second kappa shape index (κ2) is 84.6. The predicted molar refractivity (Wildman–Crippen MR) is 886 cm³/mol. The van der Waals surface area contributed by atoms with Crippen LogP contribution in [0.15, 0.2) is 140 Å². The highest BCUT2D eigenvalue weighted by atomic mass is 35.5. The average molecular weight is 3320 g/mol. The lowest BCUT2D eigenvalue weighted by Gasteiger charge is -2.56. The Labute approximate surface area is 949 Å². The highest BCUT2D eigenvalue weighted by molar-refractivity contribution is 9.51. The molecule has 0 aliphatic heterocycles. The van der Waals surface area contributed by atoms with Gasteiger partial charge >= 0.3 is 0 Å². The van der Waals surface area contributed by atoms with Gasteiger partial charge in [-0.2, -0.15) is 0 Å². The summed E-state index contributed by atoms with van der Waals surface area (Å²) < 4.78 is 26.1. The van der Waals surface area contributed by atoms with Crippen molar-refractivity contribution < 1.29 is 13.9 Å². The van der Waals surface area contributed by atoms with Crippen molar-refractivity contribution in [3.63, 3.8) is 0 Å². The molecule has 0 spiro atoms. The molecule has 0 saturated heterocycles. The maximum absolute atomic E-state index is 14.1. The number of anilines is 2. The van der Waals surface area contributed by atoms with Crippen LogP contribution in [0.1, 0.15) is 22.3 Å². The molecule has 752 valence electrons. The molecule has 0 bridgehead atoms. The number of benzene rings is 5. The van der Waals surface area contributed by atoms with E-state index in [9.17, 15) is 4.39 Å². The molecule has 0 aliphatic rings. The minimum atomic E-state index is -0.598. The van der Waals surface area contributed by atoms with Crippen LogP contribution in [0.2, 0.25) is 5.15 Å². The van der Waals surface area contributed by atoms with Crippen molar-refractivity contribution in [3.8, 4) is 34.0 Å². The molecule has 91 heteroatoms. The summed E-state index contributed by atoms with van der Waals surface area (Å²) in [4.78, 5) is 20.3. The van der Waals surface area contributed by atoms with E-state index < -0.39 is 5.82 Å². The molecule has 7 rings (SSSR count). The number of aromatic nitrogens is 4. The third-order valence-corrected chi connectivity index (χ3v) is 566. The summed E-state index contributed by atoms with van der Waals surface area (Å²) in [5.74, 6) is 0.790. The van der Waals surface area contributed by atoms with Crippen LogP contribution in [0.4, 0.5) is 21.6 Å². The van der Waals surface area contributed by atoms with E-state index in [0.717, 1.165) is 35.8 Å². The van der Waals surface area contributed by atoms with E-state index in [1.807, 2.05) is 123 Å². The van der Waals surface area contributed by atoms with E-state index in [-0.39, 0.29) is 271 Å². The number of ether oxygens (including phenoxy) is 2. The monoisotopic (exact) mass is 3310 g/mol. The second-order valence-electron chi connectivity index (χ2n) is 24.6. The topological polar surface area (TPSA) is 86.4 Å². The van der Waals surface area contributed by atoms with Crippen molar-refractivity contribution in [3.05, 3.63) is 185 Å². The highest BCUT2D eigenvalue weighted by Crippen LogP contribution is 3.46. The van der Waals surface area contributed by atoms with Gasteiger partial charge in [-0.25, -0.2) is 29.2 Å². The Hall–Kier alpha value is 28.2. The zero-order valence-electron chi connectivity index (χ0n) is 70.7. The Kier molecular flexibility index (Phi) is 97.4. The number of aryl methyl sites for hydroxylation is 2. The lowest BCUT2D eigenvalue weighted by molar-refractivity contribution is 0.305. The molecule has 0 amide bonds. The maximum Gasteiger partial charge on any atom is 0.222 e. The smallest absolute Gasteiger partial charge is 0.222 e. The molecule has 0 fully saturated rings. The molecule has 7 aromatic rings. The van der Waals surface area contributed by atoms with Gasteiger partial charge in [0.1, 0.15) is 43.1 Å². The Balaban J connectivity index is 0.000000381. The van der Waals surface area contributed by atoms with E-state index in [1.54, 1.807) is 6.07 Å². The Morgan fingerprint density at radius 1 is 0.328 bits per heavy atom. The summed E-state index contributed by atoms with van der Waals surface area (Å²) in [6.45, 7) is 8.39. The van der Waals surface area contributed by atoms with Crippen LogP contribution in [0.25, 0.3) is 27.4 Å².